The molecular formula is C60H52O24. The predicted molar refractivity (Wildman–Crippen MR) is 288 cm³/mol. The van der Waals surface area contributed by atoms with Gasteiger partial charge in [0.2, 0.25) is 12.6 Å². The fourth-order valence-corrected chi connectivity index (χ4v) is 10.8. The lowest BCUT2D eigenvalue weighted by atomic mass is 9.52. The molecule has 1 aliphatic carbocycles. The van der Waals surface area contributed by atoms with Crippen LogP contribution in [-0.4, -0.2) is 148 Å². The lowest BCUT2D eigenvalue weighted by molar-refractivity contribution is -0.279. The number of carbonyl (C=O) groups excluding carboxylic acids is 2. The summed E-state index contributed by atoms with van der Waals surface area (Å²) in [6.07, 6.45) is -18.7. The van der Waals surface area contributed by atoms with E-state index >= 15 is 0 Å². The highest BCUT2D eigenvalue weighted by atomic mass is 16.7. The van der Waals surface area contributed by atoms with Crippen molar-refractivity contribution in [3.8, 4) is 68.6 Å². The van der Waals surface area contributed by atoms with Crippen molar-refractivity contribution in [2.45, 2.75) is 73.2 Å². The Hall–Kier alpha value is -9.24. The summed E-state index contributed by atoms with van der Waals surface area (Å²) in [5.41, 5.74) is 0.0221. The van der Waals surface area contributed by atoms with Gasteiger partial charge in [-0.1, -0.05) is 24.3 Å². The fraction of sp³-hybridized carbons (Fsp3) is 0.267. The lowest BCUT2D eigenvalue weighted by Gasteiger charge is -2.50. The standard InChI is InChI=1S/C60H52O24/c61-29-9-1-25(2-10-29)39-21-37(67)47-35(65)17-33(19-41(47)81-39)79-59-55(73)53(71)51(69)43(83-59)23-77-57(75)49-45(27-5-13-31(63)14-6-27)46(28-7-15-32(64)16-8-28)50(49)58(76)78-24-44-52(70)54(72)56(74)60(84-44)80-34-18-36(66)48-38(68)22-40(82-42(48)20-34)26-3-11-30(62)12-4-26/h1-22,43-46,49-56,59-66,69-74H,23-24H2/t43-,44+,45-,46-,49+,50+,51-,52-,53+,54+,55+,56-,59-,60-/m1/s1. The van der Waals surface area contributed by atoms with Crippen LogP contribution in [0, 0.1) is 11.8 Å². The lowest BCUT2D eigenvalue weighted by Crippen LogP contribution is -2.61. The summed E-state index contributed by atoms with van der Waals surface area (Å²) < 4.78 is 46.7. The number of rotatable bonds is 14. The second-order valence-corrected chi connectivity index (χ2v) is 20.5. The first kappa shape index (κ1) is 56.6. The third kappa shape index (κ3) is 11.0. The Morgan fingerprint density at radius 1 is 0.417 bits per heavy atom. The van der Waals surface area contributed by atoms with Crippen LogP contribution >= 0.6 is 0 Å². The smallest absolute Gasteiger partial charge is 0.310 e. The zero-order valence-corrected chi connectivity index (χ0v) is 43.5. The molecule has 0 radical (unpaired) electrons. The van der Waals surface area contributed by atoms with E-state index < -0.39 is 133 Å². The van der Waals surface area contributed by atoms with Gasteiger partial charge >= 0.3 is 11.9 Å². The normalized spacial score (nSPS) is 26.7. The van der Waals surface area contributed by atoms with Crippen molar-refractivity contribution in [3.05, 3.63) is 165 Å². The molecule has 14 atom stereocenters. The quantitative estimate of drug-likeness (QED) is 0.0694. The van der Waals surface area contributed by atoms with Gasteiger partial charge in [0, 0.05) is 59.4 Å². The zero-order valence-electron chi connectivity index (χ0n) is 43.5. The SMILES string of the molecule is O=C(OC[C@@H]1O[C@@H](Oc2cc(O)c3c(=O)cc(-c4ccc(O)cc4)oc3c2)[C@H](O)[C@@H](O)[C@@H]1O)[C@@H]1[C@@H](C(=O)OC[C@H]2O[C@@H](Oc3cc(O)c4c(=O)cc(-c5ccc(O)cc5)oc4c3)[C@@H](O)[C@@H](O)[C@@H]2O)[C@H](c2ccc(O)cc2)[C@H]1c1ccc(O)cc1. The largest absolute Gasteiger partial charge is 0.508 e. The number of aliphatic hydroxyl groups excluding tert-OH is 6. The predicted octanol–water partition coefficient (Wildman–Crippen LogP) is 3.44. The van der Waals surface area contributed by atoms with Crippen LogP contribution < -0.4 is 20.3 Å². The van der Waals surface area contributed by atoms with Gasteiger partial charge in [-0.05, 0) is 83.9 Å². The topological polar surface area (TPSA) is 393 Å². The van der Waals surface area contributed by atoms with Gasteiger partial charge in [0.05, 0.1) is 11.8 Å². The summed E-state index contributed by atoms with van der Waals surface area (Å²) >= 11 is 0. The average molecular weight is 1160 g/mol. The summed E-state index contributed by atoms with van der Waals surface area (Å²) in [5.74, 6) is -8.88. The van der Waals surface area contributed by atoms with Crippen molar-refractivity contribution in [2.75, 3.05) is 13.2 Å². The van der Waals surface area contributed by atoms with E-state index in [4.69, 9.17) is 37.3 Å². The molecule has 84 heavy (non-hydrogen) atoms. The number of phenolic OH excluding ortho intramolecular Hbond substituents is 6. The molecule has 12 N–H and O–H groups in total. The van der Waals surface area contributed by atoms with Crippen molar-refractivity contribution in [2.24, 2.45) is 11.8 Å². The second kappa shape index (κ2) is 22.8. The summed E-state index contributed by atoms with van der Waals surface area (Å²) in [7, 11) is 0. The first-order valence-corrected chi connectivity index (χ1v) is 26.1. The van der Waals surface area contributed by atoms with Crippen molar-refractivity contribution in [3.63, 3.8) is 0 Å². The van der Waals surface area contributed by atoms with E-state index in [1.165, 1.54) is 109 Å². The van der Waals surface area contributed by atoms with Crippen molar-refractivity contribution >= 4 is 33.9 Å². The Balaban J connectivity index is 0.827. The molecule has 1 saturated carbocycles. The summed E-state index contributed by atoms with van der Waals surface area (Å²) in [5, 5.41) is 128. The molecule has 3 aliphatic rings. The van der Waals surface area contributed by atoms with Crippen LogP contribution in [-0.2, 0) is 28.5 Å². The highest BCUT2D eigenvalue weighted by Crippen LogP contribution is 2.59. The van der Waals surface area contributed by atoms with Gasteiger partial charge in [0.15, 0.2) is 10.9 Å². The van der Waals surface area contributed by atoms with Gasteiger partial charge in [-0.2, -0.15) is 0 Å². The van der Waals surface area contributed by atoms with Crippen LogP contribution in [0.1, 0.15) is 23.0 Å². The Morgan fingerprint density at radius 3 is 1.10 bits per heavy atom. The number of ether oxygens (including phenoxy) is 6. The van der Waals surface area contributed by atoms with E-state index in [1.807, 2.05) is 0 Å². The van der Waals surface area contributed by atoms with Crippen molar-refractivity contribution < 1.29 is 108 Å². The van der Waals surface area contributed by atoms with Crippen LogP contribution in [0.15, 0.2) is 152 Å². The Labute approximate surface area is 472 Å². The highest BCUT2D eigenvalue weighted by molar-refractivity contribution is 5.88. The van der Waals surface area contributed by atoms with E-state index in [0.29, 0.717) is 22.3 Å². The Bertz CT molecular complexity index is 3610. The number of fused-ring (bicyclic) bond motifs is 2. The van der Waals surface area contributed by atoms with Crippen LogP contribution in [0.25, 0.3) is 44.6 Å². The van der Waals surface area contributed by atoms with Crippen LogP contribution in [0.5, 0.6) is 46.0 Å². The van der Waals surface area contributed by atoms with Gasteiger partial charge in [0.1, 0.15) is 142 Å². The number of carbonyl (C=O) groups is 2. The minimum absolute atomic E-state index is 0.0443. The van der Waals surface area contributed by atoms with Crippen molar-refractivity contribution in [1.29, 1.82) is 0 Å². The molecule has 436 valence electrons. The molecule has 0 bridgehead atoms. The molecule has 11 rings (SSSR count). The monoisotopic (exact) mass is 1160 g/mol. The highest BCUT2D eigenvalue weighted by Gasteiger charge is 2.60. The van der Waals surface area contributed by atoms with Crippen LogP contribution in [0.4, 0.5) is 0 Å². The fourth-order valence-electron chi connectivity index (χ4n) is 10.8. The maximum atomic E-state index is 14.6. The first-order valence-electron chi connectivity index (χ1n) is 26.1. The molecule has 6 aromatic carbocycles. The maximum absolute atomic E-state index is 14.6. The molecular weight excluding hydrogens is 1100 g/mol. The molecule has 24 heteroatoms. The molecule has 0 unspecified atom stereocenters. The summed E-state index contributed by atoms with van der Waals surface area (Å²) in [6.45, 7) is -1.68. The molecule has 3 fully saturated rings. The Morgan fingerprint density at radius 2 is 0.750 bits per heavy atom. The van der Waals surface area contributed by atoms with Crippen molar-refractivity contribution in [1.82, 2.24) is 0 Å². The molecule has 2 aromatic heterocycles. The van der Waals surface area contributed by atoms with Crippen LogP contribution in [0.2, 0.25) is 0 Å². The number of hydrogen-bond donors (Lipinski definition) is 12. The number of aliphatic hydroxyl groups is 6. The first-order chi connectivity index (χ1) is 40.2. The minimum atomic E-state index is -1.99. The molecule has 4 heterocycles. The third-order valence-corrected chi connectivity index (χ3v) is 15.1. The maximum Gasteiger partial charge on any atom is 0.310 e. The van der Waals surface area contributed by atoms with Gasteiger partial charge in [0.25, 0.3) is 0 Å². The summed E-state index contributed by atoms with van der Waals surface area (Å²) in [6, 6.07) is 29.5. The number of hydrogen-bond acceptors (Lipinski definition) is 24. The molecule has 0 amide bonds. The van der Waals surface area contributed by atoms with E-state index in [-0.39, 0.29) is 68.0 Å². The number of benzene rings is 6. The Kier molecular flexibility index (Phi) is 15.4. The van der Waals surface area contributed by atoms with Gasteiger partial charge < -0.3 is 98.5 Å². The number of esters is 2. The average Bonchev–Trinajstić information content (AvgIpc) is 0.850. The zero-order chi connectivity index (χ0) is 59.4. The second-order valence-electron chi connectivity index (χ2n) is 20.5. The molecule has 2 saturated heterocycles. The minimum Gasteiger partial charge on any atom is -0.508 e. The molecule has 2 aliphatic heterocycles. The summed E-state index contributed by atoms with van der Waals surface area (Å²) in [4.78, 5) is 55.5. The van der Waals surface area contributed by atoms with Gasteiger partial charge in [-0.15, -0.1) is 0 Å². The van der Waals surface area contributed by atoms with Crippen LogP contribution in [0.3, 0.4) is 0 Å². The number of aromatic hydroxyl groups is 6. The van der Waals surface area contributed by atoms with E-state index in [9.17, 15) is 80.5 Å². The third-order valence-electron chi connectivity index (χ3n) is 15.1. The number of phenols is 6. The van der Waals surface area contributed by atoms with E-state index in [1.54, 1.807) is 0 Å². The molecule has 24 nitrogen and oxygen atoms in total. The molecule has 0 spiro atoms. The molecule has 8 aromatic rings. The van der Waals surface area contributed by atoms with E-state index in [0.717, 1.165) is 24.3 Å². The van der Waals surface area contributed by atoms with Gasteiger partial charge in [-0.25, -0.2) is 0 Å². The van der Waals surface area contributed by atoms with E-state index in [2.05, 4.69) is 0 Å². The van der Waals surface area contributed by atoms with Gasteiger partial charge in [-0.3, -0.25) is 19.2 Å².